The van der Waals surface area contributed by atoms with E-state index in [9.17, 15) is 33.4 Å². The molecule has 0 atom stereocenters. The summed E-state index contributed by atoms with van der Waals surface area (Å²) in [6.07, 6.45) is -0.554. The van der Waals surface area contributed by atoms with Gasteiger partial charge in [0.1, 0.15) is 18.0 Å². The van der Waals surface area contributed by atoms with Gasteiger partial charge in [-0.05, 0) is 26.0 Å². The second-order valence-corrected chi connectivity index (χ2v) is 8.28. The van der Waals surface area contributed by atoms with E-state index < -0.39 is 54.8 Å². The van der Waals surface area contributed by atoms with Crippen LogP contribution in [0.5, 0.6) is 5.75 Å². The van der Waals surface area contributed by atoms with Crippen molar-refractivity contribution in [2.45, 2.75) is 24.8 Å². The van der Waals surface area contributed by atoms with Gasteiger partial charge in [-0.25, -0.2) is 8.42 Å². The number of nitro groups is 2. The van der Waals surface area contributed by atoms with E-state index in [1.807, 2.05) is 0 Å². The van der Waals surface area contributed by atoms with Crippen LogP contribution in [-0.4, -0.2) is 44.0 Å². The van der Waals surface area contributed by atoms with E-state index in [1.165, 1.54) is 19.2 Å². The molecule has 0 saturated heterocycles. The van der Waals surface area contributed by atoms with Gasteiger partial charge in [-0.3, -0.25) is 29.3 Å². The smallest absolute Gasteiger partial charge is 0.327 e. The lowest BCUT2D eigenvalue weighted by atomic mass is 10.2. The number of carbonyl (C=O) groups excluding carboxylic acids is 1. The maximum Gasteiger partial charge on any atom is 0.327 e. The minimum atomic E-state index is -4.59. The first kappa shape index (κ1) is 23.5. The summed E-state index contributed by atoms with van der Waals surface area (Å²) in [4.78, 5) is 32.6. The van der Waals surface area contributed by atoms with Gasteiger partial charge < -0.3 is 9.47 Å². The number of nitro benzene ring substituents is 2. The van der Waals surface area contributed by atoms with Crippen LogP contribution in [0.3, 0.4) is 0 Å². The van der Waals surface area contributed by atoms with Crippen LogP contribution in [0.2, 0.25) is 0 Å². The molecule has 0 fully saturated rings. The topological polar surface area (TPSA) is 159 Å². The van der Waals surface area contributed by atoms with Gasteiger partial charge in [0, 0.05) is 24.3 Å². The number of hydrogen-bond donors (Lipinski definition) is 0. The fraction of sp³-hybridized carbons (Fsp3) is 0.278. The lowest BCUT2D eigenvalue weighted by molar-refractivity contribution is -0.385. The minimum absolute atomic E-state index is 0.0723. The average molecular weight is 453 g/mol. The Kier molecular flexibility index (Phi) is 7.12. The summed E-state index contributed by atoms with van der Waals surface area (Å²) in [5.74, 6) is -1.01. The third-order valence-corrected chi connectivity index (χ3v) is 5.65. The minimum Gasteiger partial charge on any atom is -0.495 e. The number of non-ortho nitro benzene ring substituents is 2. The van der Waals surface area contributed by atoms with Crippen LogP contribution < -0.4 is 9.04 Å². The number of benzene rings is 2. The zero-order valence-corrected chi connectivity index (χ0v) is 17.6. The van der Waals surface area contributed by atoms with E-state index in [1.54, 1.807) is 13.8 Å². The van der Waals surface area contributed by atoms with Gasteiger partial charge in [0.05, 0.1) is 28.0 Å². The molecule has 31 heavy (non-hydrogen) atoms. The molecule has 0 spiro atoms. The van der Waals surface area contributed by atoms with Gasteiger partial charge in [-0.15, -0.1) is 0 Å². The van der Waals surface area contributed by atoms with Crippen LogP contribution >= 0.6 is 0 Å². The molecule has 0 amide bonds. The fourth-order valence-corrected chi connectivity index (χ4v) is 4.04. The first-order valence-corrected chi connectivity index (χ1v) is 10.2. The zero-order chi connectivity index (χ0) is 23.3. The quantitative estimate of drug-likeness (QED) is 0.316. The summed E-state index contributed by atoms with van der Waals surface area (Å²) in [7, 11) is -3.37. The molecule has 0 saturated carbocycles. The molecule has 166 valence electrons. The van der Waals surface area contributed by atoms with Crippen LogP contribution in [0.25, 0.3) is 0 Å². The Bertz CT molecular complexity index is 1120. The number of esters is 1. The molecule has 0 aliphatic carbocycles. The van der Waals surface area contributed by atoms with Crippen LogP contribution in [0.15, 0.2) is 47.4 Å². The maximum absolute atomic E-state index is 13.3. The molecule has 0 unspecified atom stereocenters. The molecule has 2 rings (SSSR count). The summed E-state index contributed by atoms with van der Waals surface area (Å²) in [5, 5.41) is 22.3. The van der Waals surface area contributed by atoms with Gasteiger partial charge in [-0.2, -0.15) is 0 Å². The van der Waals surface area contributed by atoms with E-state index in [0.717, 1.165) is 30.3 Å². The molecule has 13 heteroatoms. The molecule has 0 radical (unpaired) electrons. The number of hydrogen-bond acceptors (Lipinski definition) is 9. The molecule has 0 heterocycles. The van der Waals surface area contributed by atoms with E-state index in [0.29, 0.717) is 4.31 Å². The van der Waals surface area contributed by atoms with Gasteiger partial charge in [0.2, 0.25) is 0 Å². The molecule has 2 aromatic carbocycles. The standard InChI is InChI=1S/C18H19N3O9S/c1-12(2)30-18(22)11-19(16-10-14(21(25)26)7-8-17(16)29-3)31(27,28)15-6-4-5-13(9-15)20(23)24/h4-10,12H,11H2,1-3H3. The largest absolute Gasteiger partial charge is 0.495 e. The van der Waals surface area contributed by atoms with Crippen molar-refractivity contribution < 1.29 is 32.5 Å². The van der Waals surface area contributed by atoms with Crippen molar-refractivity contribution in [1.82, 2.24) is 0 Å². The van der Waals surface area contributed by atoms with Crippen molar-refractivity contribution in [2.75, 3.05) is 18.0 Å². The van der Waals surface area contributed by atoms with Crippen molar-refractivity contribution >= 4 is 33.1 Å². The Hall–Kier alpha value is -3.74. The lowest BCUT2D eigenvalue weighted by Crippen LogP contribution is -2.37. The van der Waals surface area contributed by atoms with E-state index in [2.05, 4.69) is 0 Å². The van der Waals surface area contributed by atoms with Crippen LogP contribution in [0.1, 0.15) is 13.8 Å². The Morgan fingerprint density at radius 1 is 1.06 bits per heavy atom. The van der Waals surface area contributed by atoms with E-state index in [-0.39, 0.29) is 11.4 Å². The first-order valence-electron chi connectivity index (χ1n) is 8.76. The van der Waals surface area contributed by atoms with E-state index >= 15 is 0 Å². The lowest BCUT2D eigenvalue weighted by Gasteiger charge is -2.25. The third-order valence-electron chi connectivity index (χ3n) is 3.90. The highest BCUT2D eigenvalue weighted by molar-refractivity contribution is 7.92. The number of nitrogens with zero attached hydrogens (tertiary/aromatic N) is 3. The second-order valence-electron chi connectivity index (χ2n) is 6.42. The summed E-state index contributed by atoms with van der Waals surface area (Å²) in [5.41, 5.74) is -1.24. The molecular formula is C18H19N3O9S. The summed E-state index contributed by atoms with van der Waals surface area (Å²) in [6, 6.07) is 7.40. The summed E-state index contributed by atoms with van der Waals surface area (Å²) < 4.78 is 37.4. The van der Waals surface area contributed by atoms with Crippen LogP contribution in [0.4, 0.5) is 17.1 Å². The predicted octanol–water partition coefficient (Wildman–Crippen LogP) is 2.66. The molecule has 2 aromatic rings. The molecule has 0 bridgehead atoms. The SMILES string of the molecule is COc1ccc([N+](=O)[O-])cc1N(CC(=O)OC(C)C)S(=O)(=O)c1cccc([N+](=O)[O-])c1. The molecular weight excluding hydrogens is 434 g/mol. The van der Waals surface area contributed by atoms with Crippen molar-refractivity contribution in [3.05, 3.63) is 62.7 Å². The number of ether oxygens (including phenoxy) is 2. The molecule has 0 aromatic heterocycles. The predicted molar refractivity (Wildman–Crippen MR) is 109 cm³/mol. The Balaban J connectivity index is 2.70. The highest BCUT2D eigenvalue weighted by atomic mass is 32.2. The van der Waals surface area contributed by atoms with Crippen LogP contribution in [0, 0.1) is 20.2 Å². The van der Waals surface area contributed by atoms with Crippen molar-refractivity contribution in [3.8, 4) is 5.75 Å². The second kappa shape index (κ2) is 9.38. The Morgan fingerprint density at radius 2 is 1.68 bits per heavy atom. The highest BCUT2D eigenvalue weighted by Gasteiger charge is 2.32. The highest BCUT2D eigenvalue weighted by Crippen LogP contribution is 2.36. The van der Waals surface area contributed by atoms with Crippen LogP contribution in [-0.2, 0) is 19.6 Å². The molecule has 0 aliphatic heterocycles. The first-order chi connectivity index (χ1) is 14.5. The van der Waals surface area contributed by atoms with Gasteiger partial charge in [0.25, 0.3) is 21.4 Å². The number of sulfonamides is 1. The van der Waals surface area contributed by atoms with Crippen molar-refractivity contribution in [1.29, 1.82) is 0 Å². The monoisotopic (exact) mass is 453 g/mol. The third kappa shape index (κ3) is 5.45. The van der Waals surface area contributed by atoms with Crippen molar-refractivity contribution in [3.63, 3.8) is 0 Å². The Labute approximate surface area is 177 Å². The van der Waals surface area contributed by atoms with Gasteiger partial charge in [0.15, 0.2) is 0 Å². The number of rotatable bonds is 9. The maximum atomic E-state index is 13.3. The van der Waals surface area contributed by atoms with E-state index in [4.69, 9.17) is 9.47 Å². The molecule has 0 N–H and O–H groups in total. The van der Waals surface area contributed by atoms with Gasteiger partial charge >= 0.3 is 5.97 Å². The summed E-state index contributed by atoms with van der Waals surface area (Å²) >= 11 is 0. The average Bonchev–Trinajstić information content (AvgIpc) is 2.70. The normalized spacial score (nSPS) is 11.1. The molecule has 12 nitrogen and oxygen atoms in total. The number of carbonyl (C=O) groups is 1. The number of methoxy groups -OCH3 is 1. The molecule has 0 aliphatic rings. The van der Waals surface area contributed by atoms with Gasteiger partial charge in [-0.1, -0.05) is 6.07 Å². The van der Waals surface area contributed by atoms with Crippen molar-refractivity contribution in [2.24, 2.45) is 0 Å². The number of anilines is 1. The fourth-order valence-electron chi connectivity index (χ4n) is 2.59. The Morgan fingerprint density at radius 3 is 2.23 bits per heavy atom. The summed E-state index contributed by atoms with van der Waals surface area (Å²) in [6.45, 7) is 2.28. The zero-order valence-electron chi connectivity index (χ0n) is 16.8.